The van der Waals surface area contributed by atoms with Crippen molar-refractivity contribution in [3.8, 4) is 0 Å². The molecule has 2 aliphatic heterocycles. The molecule has 0 spiro atoms. The normalized spacial score (nSPS) is 45.1. The van der Waals surface area contributed by atoms with E-state index in [0.717, 1.165) is 0 Å². The number of hydrogen-bond acceptors (Lipinski definition) is 5. The van der Waals surface area contributed by atoms with Crippen molar-refractivity contribution in [2.45, 2.75) is 50.7 Å². The SMILES string of the molecule is CC1(C)O[C@H]2[C@@H](CN=[N+]=[N-])OC(C)(O)[C@H]2O1. The molecule has 0 radical (unpaired) electrons. The van der Waals surface area contributed by atoms with Crippen LogP contribution in [0.15, 0.2) is 5.11 Å². The van der Waals surface area contributed by atoms with Gasteiger partial charge in [-0.2, -0.15) is 0 Å². The Morgan fingerprint density at radius 3 is 2.62 bits per heavy atom. The number of ether oxygens (including phenoxy) is 3. The van der Waals surface area contributed by atoms with Gasteiger partial charge in [0.05, 0.1) is 12.6 Å². The van der Waals surface area contributed by atoms with Crippen molar-refractivity contribution in [1.29, 1.82) is 0 Å². The van der Waals surface area contributed by atoms with Gasteiger partial charge >= 0.3 is 0 Å². The van der Waals surface area contributed by atoms with E-state index in [0.29, 0.717) is 0 Å². The highest BCUT2D eigenvalue weighted by Crippen LogP contribution is 2.42. The van der Waals surface area contributed by atoms with Gasteiger partial charge in [-0.15, -0.1) is 0 Å². The van der Waals surface area contributed by atoms with Gasteiger partial charge in [0.1, 0.15) is 12.2 Å². The third-order valence-corrected chi connectivity index (χ3v) is 2.74. The topological polar surface area (TPSA) is 96.7 Å². The smallest absolute Gasteiger partial charge is 0.192 e. The molecule has 2 heterocycles. The minimum Gasteiger partial charge on any atom is -0.364 e. The summed E-state index contributed by atoms with van der Waals surface area (Å²) in [5, 5.41) is 13.4. The van der Waals surface area contributed by atoms with Gasteiger partial charge in [-0.1, -0.05) is 5.11 Å². The Bertz CT molecular complexity index is 338. The van der Waals surface area contributed by atoms with Crippen molar-refractivity contribution in [2.24, 2.45) is 5.11 Å². The summed E-state index contributed by atoms with van der Waals surface area (Å²) in [6, 6.07) is 0. The van der Waals surface area contributed by atoms with Gasteiger partial charge in [-0.3, -0.25) is 0 Å². The Labute approximate surface area is 92.9 Å². The summed E-state index contributed by atoms with van der Waals surface area (Å²) < 4.78 is 16.5. The van der Waals surface area contributed by atoms with Gasteiger partial charge in [0.15, 0.2) is 11.6 Å². The second kappa shape index (κ2) is 3.58. The van der Waals surface area contributed by atoms with Crippen LogP contribution >= 0.6 is 0 Å². The van der Waals surface area contributed by atoms with E-state index in [1.165, 1.54) is 6.92 Å². The molecule has 2 rings (SSSR count). The van der Waals surface area contributed by atoms with Crippen molar-refractivity contribution >= 4 is 0 Å². The minimum absolute atomic E-state index is 0.118. The zero-order valence-corrected chi connectivity index (χ0v) is 9.45. The maximum atomic E-state index is 10.0. The van der Waals surface area contributed by atoms with Crippen LogP contribution in [-0.4, -0.2) is 41.5 Å². The van der Waals surface area contributed by atoms with Crippen molar-refractivity contribution in [1.82, 2.24) is 0 Å². The van der Waals surface area contributed by atoms with E-state index in [1.807, 2.05) is 0 Å². The number of nitrogens with zero attached hydrogens (tertiary/aromatic N) is 3. The van der Waals surface area contributed by atoms with E-state index in [2.05, 4.69) is 10.0 Å². The maximum absolute atomic E-state index is 10.0. The summed E-state index contributed by atoms with van der Waals surface area (Å²) in [6.45, 7) is 5.18. The van der Waals surface area contributed by atoms with Crippen LogP contribution in [0, 0.1) is 0 Å². The number of fused-ring (bicyclic) bond motifs is 1. The van der Waals surface area contributed by atoms with E-state index in [1.54, 1.807) is 13.8 Å². The predicted octanol–water partition coefficient (Wildman–Crippen LogP) is 0.924. The third-order valence-electron chi connectivity index (χ3n) is 2.74. The first-order valence-electron chi connectivity index (χ1n) is 5.12. The first kappa shape index (κ1) is 11.6. The van der Waals surface area contributed by atoms with Crippen LogP contribution < -0.4 is 0 Å². The fourth-order valence-electron chi connectivity index (χ4n) is 2.17. The second-order valence-corrected chi connectivity index (χ2v) is 4.65. The summed E-state index contributed by atoms with van der Waals surface area (Å²) >= 11 is 0. The quantitative estimate of drug-likeness (QED) is 0.432. The zero-order valence-electron chi connectivity index (χ0n) is 9.45. The Balaban J connectivity index is 2.17. The van der Waals surface area contributed by atoms with Gasteiger partial charge in [0.2, 0.25) is 0 Å². The van der Waals surface area contributed by atoms with Crippen molar-refractivity contribution in [3.63, 3.8) is 0 Å². The van der Waals surface area contributed by atoms with Crippen LogP contribution in [0.25, 0.3) is 10.4 Å². The van der Waals surface area contributed by atoms with Crippen LogP contribution in [0.4, 0.5) is 0 Å². The number of rotatable bonds is 2. The summed E-state index contributed by atoms with van der Waals surface area (Å²) in [6.07, 6.45) is -1.44. The molecule has 16 heavy (non-hydrogen) atoms. The molecule has 4 atom stereocenters. The number of hydrogen-bond donors (Lipinski definition) is 1. The average Bonchev–Trinajstić information content (AvgIpc) is 2.58. The monoisotopic (exact) mass is 229 g/mol. The standard InChI is InChI=1S/C9H15N3O4/c1-8(2)15-6-5(4-11-12-10)14-9(3,13)7(6)16-8/h5-7,13H,4H2,1-3H3/t5-,6+,7+,9?/m1/s1. The molecular formula is C9H15N3O4. The zero-order chi connectivity index (χ0) is 12.0. The van der Waals surface area contributed by atoms with Gasteiger partial charge in [0, 0.05) is 4.91 Å². The minimum atomic E-state index is -1.41. The van der Waals surface area contributed by atoms with Gasteiger partial charge < -0.3 is 19.3 Å². The van der Waals surface area contributed by atoms with Gasteiger partial charge in [0.25, 0.3) is 0 Å². The second-order valence-electron chi connectivity index (χ2n) is 4.65. The van der Waals surface area contributed by atoms with Crippen molar-refractivity contribution < 1.29 is 19.3 Å². The molecule has 0 aromatic rings. The van der Waals surface area contributed by atoms with E-state index in [4.69, 9.17) is 19.7 Å². The Hall–Kier alpha value is -0.850. The molecule has 2 fully saturated rings. The largest absolute Gasteiger partial charge is 0.364 e. The Morgan fingerprint density at radius 2 is 2.00 bits per heavy atom. The summed E-state index contributed by atoms with van der Waals surface area (Å²) in [7, 11) is 0. The lowest BCUT2D eigenvalue weighted by Crippen LogP contribution is -2.40. The van der Waals surface area contributed by atoms with E-state index in [9.17, 15) is 5.11 Å². The molecule has 2 saturated heterocycles. The van der Waals surface area contributed by atoms with Crippen LogP contribution in [0.3, 0.4) is 0 Å². The van der Waals surface area contributed by atoms with E-state index in [-0.39, 0.29) is 6.54 Å². The lowest BCUT2D eigenvalue weighted by atomic mass is 10.1. The van der Waals surface area contributed by atoms with Crippen molar-refractivity contribution in [2.75, 3.05) is 6.54 Å². The maximum Gasteiger partial charge on any atom is 0.192 e. The lowest BCUT2D eigenvalue weighted by Gasteiger charge is -2.26. The van der Waals surface area contributed by atoms with E-state index >= 15 is 0 Å². The molecule has 1 N–H and O–H groups in total. The van der Waals surface area contributed by atoms with Gasteiger partial charge in [-0.25, -0.2) is 0 Å². The Kier molecular flexibility index (Phi) is 2.60. The molecule has 90 valence electrons. The molecule has 2 aliphatic rings. The summed E-state index contributed by atoms with van der Waals surface area (Å²) in [5.41, 5.74) is 8.27. The molecule has 0 aliphatic carbocycles. The molecule has 0 amide bonds. The molecule has 0 bridgehead atoms. The first-order valence-corrected chi connectivity index (χ1v) is 5.12. The van der Waals surface area contributed by atoms with Gasteiger partial charge in [-0.05, 0) is 26.3 Å². The predicted molar refractivity (Wildman–Crippen MR) is 53.3 cm³/mol. The highest BCUT2D eigenvalue weighted by molar-refractivity contribution is 5.00. The third kappa shape index (κ3) is 1.88. The molecular weight excluding hydrogens is 214 g/mol. The van der Waals surface area contributed by atoms with Crippen molar-refractivity contribution in [3.05, 3.63) is 10.4 Å². The summed E-state index contributed by atoms with van der Waals surface area (Å²) in [5.74, 6) is -2.16. The summed E-state index contributed by atoms with van der Waals surface area (Å²) in [4.78, 5) is 2.66. The molecule has 0 saturated carbocycles. The van der Waals surface area contributed by atoms with Crippen LogP contribution in [0.2, 0.25) is 0 Å². The van der Waals surface area contributed by atoms with E-state index < -0.39 is 29.9 Å². The molecule has 7 nitrogen and oxygen atoms in total. The molecule has 1 unspecified atom stereocenters. The highest BCUT2D eigenvalue weighted by atomic mass is 16.8. The highest BCUT2D eigenvalue weighted by Gasteiger charge is 2.60. The Morgan fingerprint density at radius 1 is 1.31 bits per heavy atom. The fraction of sp³-hybridized carbons (Fsp3) is 1.00. The van der Waals surface area contributed by atoms with Crippen LogP contribution in [0.1, 0.15) is 20.8 Å². The van der Waals surface area contributed by atoms with Crippen LogP contribution in [0.5, 0.6) is 0 Å². The number of azide groups is 1. The fourth-order valence-corrected chi connectivity index (χ4v) is 2.17. The molecule has 0 aromatic carbocycles. The first-order chi connectivity index (χ1) is 7.36. The number of aliphatic hydroxyl groups is 1. The molecule has 7 heteroatoms. The lowest BCUT2D eigenvalue weighted by molar-refractivity contribution is -0.264. The van der Waals surface area contributed by atoms with Crippen LogP contribution in [-0.2, 0) is 14.2 Å². The average molecular weight is 229 g/mol. The molecule has 0 aromatic heterocycles.